The smallest absolute Gasteiger partial charge is 0.462 e. The van der Waals surface area contributed by atoms with Gasteiger partial charge in [-0.2, -0.15) is 0 Å². The molecule has 0 aromatic heterocycles. The molecule has 19 heteroatoms. The van der Waals surface area contributed by atoms with Crippen LogP contribution in [-0.4, -0.2) is 96.7 Å². The summed E-state index contributed by atoms with van der Waals surface area (Å²) in [4.78, 5) is 72.2. The second kappa shape index (κ2) is 54.2. The molecule has 6 atom stereocenters. The van der Waals surface area contributed by atoms with E-state index in [0.717, 1.165) is 115 Å². The fraction of sp³-hybridized carbons (Fsp3) is 0.938. The SMILES string of the molecule is CCC(C)CCCCCCCCC(=O)OC[C@H](COP(=O)(O)OCC(O)COP(=O)(O)OC[C@@H](COC(=O)CCCCCCCCCC(C)C)OC(=O)CCCCCCCCCCCCC(C)C)OC(=O)CCCCCCCCCC(C)C. The quantitative estimate of drug-likeness (QED) is 0.0222. The van der Waals surface area contributed by atoms with Crippen molar-refractivity contribution >= 4 is 39.5 Å². The summed E-state index contributed by atoms with van der Waals surface area (Å²) in [5.41, 5.74) is 0. The number of rotatable bonds is 61. The van der Waals surface area contributed by atoms with E-state index in [1.54, 1.807) is 0 Å². The van der Waals surface area contributed by atoms with E-state index in [9.17, 15) is 43.2 Å². The monoisotopic (exact) mass is 1230 g/mol. The van der Waals surface area contributed by atoms with Crippen molar-refractivity contribution in [3.05, 3.63) is 0 Å². The number of unbranched alkanes of at least 4 members (excludes halogenated alkanes) is 26. The molecular weight excluding hydrogens is 1100 g/mol. The fourth-order valence-electron chi connectivity index (χ4n) is 9.40. The third-order valence-electron chi connectivity index (χ3n) is 14.9. The van der Waals surface area contributed by atoms with Gasteiger partial charge >= 0.3 is 39.5 Å². The third-order valence-corrected chi connectivity index (χ3v) is 16.8. The second-order valence-corrected chi connectivity index (χ2v) is 27.7. The minimum absolute atomic E-state index is 0.102. The number of phosphoric acid groups is 2. The minimum Gasteiger partial charge on any atom is -0.462 e. The summed E-state index contributed by atoms with van der Waals surface area (Å²) in [6.45, 7) is 13.9. The Morgan fingerprint density at radius 3 is 0.855 bits per heavy atom. The lowest BCUT2D eigenvalue weighted by atomic mass is 10.00. The van der Waals surface area contributed by atoms with Gasteiger partial charge in [-0.1, -0.05) is 254 Å². The molecule has 0 aliphatic carbocycles. The van der Waals surface area contributed by atoms with Gasteiger partial charge in [-0.3, -0.25) is 37.3 Å². The molecule has 0 saturated carbocycles. The number of ether oxygens (including phenoxy) is 4. The summed E-state index contributed by atoms with van der Waals surface area (Å²) in [5, 5.41) is 10.5. The Hall–Kier alpha value is -1.94. The zero-order valence-corrected chi connectivity index (χ0v) is 55.6. The van der Waals surface area contributed by atoms with E-state index < -0.39 is 97.5 Å². The minimum atomic E-state index is -4.95. The van der Waals surface area contributed by atoms with Gasteiger partial charge in [-0.25, -0.2) is 9.13 Å². The predicted molar refractivity (Wildman–Crippen MR) is 331 cm³/mol. The molecule has 0 rings (SSSR count). The van der Waals surface area contributed by atoms with Gasteiger partial charge in [0.15, 0.2) is 12.2 Å². The highest BCUT2D eigenvalue weighted by atomic mass is 31.2. The van der Waals surface area contributed by atoms with Crippen LogP contribution in [0.1, 0.15) is 306 Å². The van der Waals surface area contributed by atoms with Crippen molar-refractivity contribution in [2.24, 2.45) is 23.7 Å². The van der Waals surface area contributed by atoms with E-state index in [0.29, 0.717) is 37.5 Å². The summed E-state index contributed by atoms with van der Waals surface area (Å²) in [6, 6.07) is 0. The summed E-state index contributed by atoms with van der Waals surface area (Å²) in [6.07, 6.45) is 33.6. The molecule has 83 heavy (non-hydrogen) atoms. The molecule has 0 bridgehead atoms. The van der Waals surface area contributed by atoms with E-state index in [4.69, 9.17) is 37.0 Å². The van der Waals surface area contributed by atoms with Gasteiger partial charge in [0.25, 0.3) is 0 Å². The first-order chi connectivity index (χ1) is 39.6. The van der Waals surface area contributed by atoms with Gasteiger partial charge in [0.05, 0.1) is 26.4 Å². The molecule has 0 heterocycles. The van der Waals surface area contributed by atoms with Gasteiger partial charge in [0.2, 0.25) is 0 Å². The average molecular weight is 1230 g/mol. The standard InChI is InChI=1S/C64H124O17P2/c1-9-57(8)43-35-27-22-23-29-37-45-62(67)75-51-60(81-64(69)47-39-31-21-15-18-26-34-42-56(6)7)53-79-83(72,73)77-49-58(65)48-76-82(70,71)78-52-59(50-74-61(66)44-36-28-20-14-17-25-33-41-55(4)5)80-63(68)46-38-30-19-13-11-10-12-16-24-32-40-54(2)3/h54-60,65H,9-53H2,1-8H3,(H,70,71)(H,72,73)/t57?,58?,59-,60-/m1/s1. The molecule has 0 aliphatic rings. The number of carbonyl (C=O) groups is 4. The Kier molecular flexibility index (Phi) is 53.0. The molecule has 0 fully saturated rings. The lowest BCUT2D eigenvalue weighted by Gasteiger charge is -2.21. The number of aliphatic hydroxyl groups is 1. The normalized spacial score (nSPS) is 14.8. The van der Waals surface area contributed by atoms with E-state index in [2.05, 4.69) is 55.4 Å². The Morgan fingerprint density at radius 2 is 0.578 bits per heavy atom. The van der Waals surface area contributed by atoms with Crippen molar-refractivity contribution in [2.75, 3.05) is 39.6 Å². The number of aliphatic hydroxyl groups excluding tert-OH is 1. The van der Waals surface area contributed by atoms with Crippen molar-refractivity contribution in [3.8, 4) is 0 Å². The van der Waals surface area contributed by atoms with Gasteiger partial charge in [0, 0.05) is 25.7 Å². The highest BCUT2D eigenvalue weighted by molar-refractivity contribution is 7.47. The molecule has 0 amide bonds. The molecule has 0 aromatic carbocycles. The first-order valence-electron chi connectivity index (χ1n) is 33.2. The van der Waals surface area contributed by atoms with Gasteiger partial charge in [-0.05, 0) is 49.4 Å². The molecular formula is C64H124O17P2. The van der Waals surface area contributed by atoms with Crippen LogP contribution in [0.5, 0.6) is 0 Å². The second-order valence-electron chi connectivity index (χ2n) is 24.8. The topological polar surface area (TPSA) is 237 Å². The van der Waals surface area contributed by atoms with E-state index in [1.165, 1.54) is 96.3 Å². The molecule has 0 saturated heterocycles. The van der Waals surface area contributed by atoms with Crippen molar-refractivity contribution < 1.29 is 80.2 Å². The maximum Gasteiger partial charge on any atom is 0.472 e. The zero-order chi connectivity index (χ0) is 61.8. The molecule has 0 aromatic rings. The Morgan fingerprint density at radius 1 is 0.337 bits per heavy atom. The molecule has 3 N–H and O–H groups in total. The van der Waals surface area contributed by atoms with Crippen LogP contribution in [-0.2, 0) is 65.4 Å². The van der Waals surface area contributed by atoms with E-state index in [1.807, 2.05) is 0 Å². The summed E-state index contributed by atoms with van der Waals surface area (Å²) in [5.74, 6) is 0.742. The van der Waals surface area contributed by atoms with Crippen LogP contribution in [0.2, 0.25) is 0 Å². The van der Waals surface area contributed by atoms with Crippen LogP contribution in [0.4, 0.5) is 0 Å². The molecule has 0 spiro atoms. The van der Waals surface area contributed by atoms with Crippen molar-refractivity contribution in [1.29, 1.82) is 0 Å². The number of carbonyl (C=O) groups excluding carboxylic acids is 4. The molecule has 0 radical (unpaired) electrons. The Bertz CT molecular complexity index is 1660. The predicted octanol–water partition coefficient (Wildman–Crippen LogP) is 17.4. The first-order valence-corrected chi connectivity index (χ1v) is 36.2. The third kappa shape index (κ3) is 57.6. The Labute approximate surface area is 505 Å². The maximum atomic E-state index is 13.0. The molecule has 0 aliphatic heterocycles. The molecule has 17 nitrogen and oxygen atoms in total. The van der Waals surface area contributed by atoms with Crippen LogP contribution in [0.25, 0.3) is 0 Å². The Balaban J connectivity index is 5.26. The van der Waals surface area contributed by atoms with Crippen molar-refractivity contribution in [1.82, 2.24) is 0 Å². The van der Waals surface area contributed by atoms with Gasteiger partial charge < -0.3 is 33.8 Å². The molecule has 4 unspecified atom stereocenters. The van der Waals surface area contributed by atoms with Crippen LogP contribution < -0.4 is 0 Å². The molecule has 492 valence electrons. The van der Waals surface area contributed by atoms with Crippen molar-refractivity contribution in [2.45, 2.75) is 324 Å². The van der Waals surface area contributed by atoms with Crippen LogP contribution in [0.3, 0.4) is 0 Å². The van der Waals surface area contributed by atoms with Crippen LogP contribution in [0.15, 0.2) is 0 Å². The summed E-state index contributed by atoms with van der Waals surface area (Å²) < 4.78 is 68.0. The largest absolute Gasteiger partial charge is 0.472 e. The lowest BCUT2D eigenvalue weighted by Crippen LogP contribution is -2.30. The summed E-state index contributed by atoms with van der Waals surface area (Å²) >= 11 is 0. The van der Waals surface area contributed by atoms with E-state index >= 15 is 0 Å². The number of phosphoric ester groups is 2. The highest BCUT2D eigenvalue weighted by Gasteiger charge is 2.30. The van der Waals surface area contributed by atoms with E-state index in [-0.39, 0.29) is 25.7 Å². The lowest BCUT2D eigenvalue weighted by molar-refractivity contribution is -0.161. The van der Waals surface area contributed by atoms with Gasteiger partial charge in [0.1, 0.15) is 19.3 Å². The maximum absolute atomic E-state index is 13.0. The zero-order valence-electron chi connectivity index (χ0n) is 53.8. The fourth-order valence-corrected chi connectivity index (χ4v) is 11.0. The summed E-state index contributed by atoms with van der Waals surface area (Å²) in [7, 11) is -9.89. The first kappa shape index (κ1) is 81.1. The van der Waals surface area contributed by atoms with Crippen LogP contribution >= 0.6 is 15.6 Å². The number of hydrogen-bond donors (Lipinski definition) is 3. The average Bonchev–Trinajstić information content (AvgIpc) is 3.43. The highest BCUT2D eigenvalue weighted by Crippen LogP contribution is 2.45. The van der Waals surface area contributed by atoms with Gasteiger partial charge in [-0.15, -0.1) is 0 Å². The van der Waals surface area contributed by atoms with Crippen molar-refractivity contribution in [3.63, 3.8) is 0 Å². The number of hydrogen-bond acceptors (Lipinski definition) is 15. The van der Waals surface area contributed by atoms with Crippen LogP contribution in [0, 0.1) is 23.7 Å². The number of esters is 4.